The van der Waals surface area contributed by atoms with Gasteiger partial charge in [0.25, 0.3) is 0 Å². The number of aromatic nitrogens is 2. The van der Waals surface area contributed by atoms with Crippen molar-refractivity contribution in [1.29, 1.82) is 0 Å². The summed E-state index contributed by atoms with van der Waals surface area (Å²) in [6.45, 7) is 0. The van der Waals surface area contributed by atoms with Gasteiger partial charge in [0, 0.05) is 7.05 Å². The normalized spacial score (nSPS) is 10.0. The van der Waals surface area contributed by atoms with Gasteiger partial charge in [-0.05, 0) is 0 Å². The molecule has 9 heavy (non-hydrogen) atoms. The molecule has 0 saturated carbocycles. The lowest BCUT2D eigenvalue weighted by molar-refractivity contribution is 0.783. The Bertz CT molecular complexity index is 206. The average molecular weight is 147 g/mol. The molecule has 5 heteroatoms. The quantitative estimate of drug-likeness (QED) is 0.551. The van der Waals surface area contributed by atoms with E-state index in [9.17, 15) is 0 Å². The summed E-state index contributed by atoms with van der Waals surface area (Å²) in [5.41, 5.74) is 10.7. The standard InChI is InChI=1S/C4H7ClN4/c1-9-4(7)2(5)3(6)8-9/h7H2,1H3,(H2,6,8). The van der Waals surface area contributed by atoms with E-state index < -0.39 is 0 Å². The van der Waals surface area contributed by atoms with Gasteiger partial charge >= 0.3 is 0 Å². The van der Waals surface area contributed by atoms with Crippen LogP contribution in [0.3, 0.4) is 0 Å². The number of hydrogen-bond acceptors (Lipinski definition) is 3. The van der Waals surface area contributed by atoms with Crippen LogP contribution >= 0.6 is 11.6 Å². The zero-order chi connectivity index (χ0) is 7.02. The van der Waals surface area contributed by atoms with Gasteiger partial charge in [-0.2, -0.15) is 5.10 Å². The first-order valence-electron chi connectivity index (χ1n) is 2.36. The summed E-state index contributed by atoms with van der Waals surface area (Å²) in [4.78, 5) is 0. The van der Waals surface area contributed by atoms with Crippen molar-refractivity contribution in [2.75, 3.05) is 11.5 Å². The summed E-state index contributed by atoms with van der Waals surface area (Å²) in [7, 11) is 1.68. The molecule has 1 aromatic rings. The molecule has 1 heterocycles. The third kappa shape index (κ3) is 0.810. The van der Waals surface area contributed by atoms with E-state index in [2.05, 4.69) is 5.10 Å². The topological polar surface area (TPSA) is 69.9 Å². The number of nitrogen functional groups attached to an aromatic ring is 2. The van der Waals surface area contributed by atoms with Crippen molar-refractivity contribution in [2.45, 2.75) is 0 Å². The third-order valence-electron chi connectivity index (χ3n) is 1.06. The molecule has 0 aromatic carbocycles. The summed E-state index contributed by atoms with van der Waals surface area (Å²) in [5.74, 6) is 0.672. The van der Waals surface area contributed by atoms with Crippen molar-refractivity contribution in [3.8, 4) is 0 Å². The van der Waals surface area contributed by atoms with Crippen LogP contribution in [0.15, 0.2) is 0 Å². The van der Waals surface area contributed by atoms with Crippen molar-refractivity contribution in [1.82, 2.24) is 9.78 Å². The zero-order valence-electron chi connectivity index (χ0n) is 4.93. The number of halogens is 1. The summed E-state index contributed by atoms with van der Waals surface area (Å²) in [6.07, 6.45) is 0. The fraction of sp³-hybridized carbons (Fsp3) is 0.250. The Morgan fingerprint density at radius 3 is 2.22 bits per heavy atom. The van der Waals surface area contributed by atoms with E-state index in [-0.39, 0.29) is 5.82 Å². The maximum atomic E-state index is 5.57. The number of hydrogen-bond donors (Lipinski definition) is 2. The van der Waals surface area contributed by atoms with Crippen LogP contribution in [-0.2, 0) is 7.05 Å². The van der Waals surface area contributed by atoms with Crippen LogP contribution in [0.4, 0.5) is 11.6 Å². The molecule has 4 N–H and O–H groups in total. The van der Waals surface area contributed by atoms with Crippen molar-refractivity contribution in [3.05, 3.63) is 5.02 Å². The second-order valence-electron chi connectivity index (χ2n) is 1.71. The van der Waals surface area contributed by atoms with Gasteiger partial charge in [0.05, 0.1) is 0 Å². The van der Waals surface area contributed by atoms with Gasteiger partial charge in [0.2, 0.25) is 0 Å². The lowest BCUT2D eigenvalue weighted by Crippen LogP contribution is -1.97. The van der Waals surface area contributed by atoms with Gasteiger partial charge in [0.15, 0.2) is 5.82 Å². The van der Waals surface area contributed by atoms with E-state index in [1.54, 1.807) is 7.05 Å². The summed E-state index contributed by atoms with van der Waals surface area (Å²) >= 11 is 5.57. The van der Waals surface area contributed by atoms with Crippen molar-refractivity contribution in [3.63, 3.8) is 0 Å². The highest BCUT2D eigenvalue weighted by Gasteiger charge is 2.06. The first-order valence-corrected chi connectivity index (χ1v) is 2.74. The highest BCUT2D eigenvalue weighted by Crippen LogP contribution is 2.23. The molecule has 0 atom stereocenters. The number of nitrogens with zero attached hydrogens (tertiary/aromatic N) is 2. The first kappa shape index (κ1) is 6.22. The van der Waals surface area contributed by atoms with E-state index in [0.29, 0.717) is 10.8 Å². The van der Waals surface area contributed by atoms with Crippen LogP contribution in [-0.4, -0.2) is 9.78 Å². The Kier molecular flexibility index (Phi) is 1.25. The Morgan fingerprint density at radius 2 is 2.11 bits per heavy atom. The van der Waals surface area contributed by atoms with Crippen LogP contribution in [0, 0.1) is 0 Å². The van der Waals surface area contributed by atoms with Crippen LogP contribution in [0.2, 0.25) is 5.02 Å². The lowest BCUT2D eigenvalue weighted by atomic mass is 10.6. The van der Waals surface area contributed by atoms with Crippen LogP contribution < -0.4 is 11.5 Å². The second kappa shape index (κ2) is 1.80. The zero-order valence-corrected chi connectivity index (χ0v) is 5.68. The maximum Gasteiger partial charge on any atom is 0.166 e. The Balaban J connectivity index is 3.29. The average Bonchev–Trinajstić information content (AvgIpc) is 1.98. The molecule has 1 aromatic heterocycles. The molecule has 50 valence electrons. The molecule has 0 spiro atoms. The molecule has 0 unspecified atom stereocenters. The predicted octanol–water partition coefficient (Wildman–Crippen LogP) is 0.238. The van der Waals surface area contributed by atoms with E-state index >= 15 is 0 Å². The van der Waals surface area contributed by atoms with Crippen LogP contribution in [0.25, 0.3) is 0 Å². The van der Waals surface area contributed by atoms with E-state index in [4.69, 9.17) is 23.1 Å². The minimum absolute atomic E-state index is 0.275. The number of aryl methyl sites for hydroxylation is 1. The number of anilines is 2. The molecule has 0 bridgehead atoms. The minimum Gasteiger partial charge on any atom is -0.383 e. The smallest absolute Gasteiger partial charge is 0.166 e. The summed E-state index contributed by atoms with van der Waals surface area (Å²) in [5, 5.41) is 4.08. The van der Waals surface area contributed by atoms with Crippen LogP contribution in [0.1, 0.15) is 0 Å². The molecule has 0 radical (unpaired) electrons. The SMILES string of the molecule is Cn1nc(N)c(Cl)c1N. The van der Waals surface area contributed by atoms with E-state index in [1.807, 2.05) is 0 Å². The molecule has 0 amide bonds. The Labute approximate surface area is 57.4 Å². The molecule has 0 aliphatic rings. The largest absolute Gasteiger partial charge is 0.383 e. The molecule has 4 nitrogen and oxygen atoms in total. The number of nitrogens with two attached hydrogens (primary N) is 2. The van der Waals surface area contributed by atoms with E-state index in [0.717, 1.165) is 0 Å². The van der Waals surface area contributed by atoms with Gasteiger partial charge < -0.3 is 11.5 Å². The molecule has 1 rings (SSSR count). The molecule has 0 saturated heterocycles. The van der Waals surface area contributed by atoms with Crippen molar-refractivity contribution in [2.24, 2.45) is 7.05 Å². The highest BCUT2D eigenvalue weighted by molar-refractivity contribution is 6.35. The van der Waals surface area contributed by atoms with Gasteiger partial charge in [-0.3, -0.25) is 0 Å². The second-order valence-corrected chi connectivity index (χ2v) is 2.09. The lowest BCUT2D eigenvalue weighted by Gasteiger charge is -1.89. The van der Waals surface area contributed by atoms with Gasteiger partial charge in [-0.15, -0.1) is 0 Å². The Hall–Kier alpha value is -0.900. The van der Waals surface area contributed by atoms with Gasteiger partial charge in [-0.1, -0.05) is 11.6 Å². The number of rotatable bonds is 0. The molecule has 0 aliphatic carbocycles. The molecule has 0 aliphatic heterocycles. The fourth-order valence-electron chi connectivity index (χ4n) is 0.533. The Morgan fingerprint density at radius 1 is 1.56 bits per heavy atom. The van der Waals surface area contributed by atoms with Crippen molar-refractivity contribution < 1.29 is 0 Å². The van der Waals surface area contributed by atoms with Gasteiger partial charge in [0.1, 0.15) is 10.8 Å². The molecular weight excluding hydrogens is 140 g/mol. The van der Waals surface area contributed by atoms with E-state index in [1.165, 1.54) is 4.68 Å². The molecular formula is C4H7ClN4. The third-order valence-corrected chi connectivity index (χ3v) is 1.44. The predicted molar refractivity (Wildman–Crippen MR) is 37.0 cm³/mol. The molecule has 0 fully saturated rings. The fourth-order valence-corrected chi connectivity index (χ4v) is 0.693. The van der Waals surface area contributed by atoms with Gasteiger partial charge in [-0.25, -0.2) is 4.68 Å². The van der Waals surface area contributed by atoms with Crippen LogP contribution in [0.5, 0.6) is 0 Å². The minimum atomic E-state index is 0.275. The highest BCUT2D eigenvalue weighted by atomic mass is 35.5. The van der Waals surface area contributed by atoms with Crippen molar-refractivity contribution >= 4 is 23.2 Å². The monoisotopic (exact) mass is 146 g/mol. The summed E-state index contributed by atoms with van der Waals surface area (Å²) < 4.78 is 1.43. The maximum absolute atomic E-state index is 5.57. The first-order chi connectivity index (χ1) is 4.13. The summed E-state index contributed by atoms with van der Waals surface area (Å²) in [6, 6.07) is 0.